The second-order valence-corrected chi connectivity index (χ2v) is 6.62. The number of benzene rings is 1. The van der Waals surface area contributed by atoms with Gasteiger partial charge < -0.3 is 19.8 Å². The molecule has 21 heavy (non-hydrogen) atoms. The average Bonchev–Trinajstić information content (AvgIpc) is 2.52. The van der Waals surface area contributed by atoms with Crippen LogP contribution in [-0.4, -0.2) is 54.6 Å². The first-order valence-corrected chi connectivity index (χ1v) is 7.86. The first kappa shape index (κ1) is 15.0. The van der Waals surface area contributed by atoms with E-state index in [-0.39, 0.29) is 18.1 Å². The third kappa shape index (κ3) is 3.29. The first-order valence-electron chi connectivity index (χ1n) is 7.86. The average molecular weight is 291 g/mol. The lowest BCUT2D eigenvalue weighted by Crippen LogP contribution is -2.54. The van der Waals surface area contributed by atoms with Crippen LogP contribution in [0.1, 0.15) is 24.5 Å². The van der Waals surface area contributed by atoms with Crippen molar-refractivity contribution < 1.29 is 14.9 Å². The molecule has 0 spiro atoms. The maximum atomic E-state index is 10.5. The van der Waals surface area contributed by atoms with Gasteiger partial charge >= 0.3 is 0 Å². The lowest BCUT2D eigenvalue weighted by atomic mass is 9.83. The van der Waals surface area contributed by atoms with Gasteiger partial charge in [0.05, 0.1) is 31.3 Å². The van der Waals surface area contributed by atoms with E-state index in [0.29, 0.717) is 19.1 Å². The van der Waals surface area contributed by atoms with E-state index >= 15 is 0 Å². The summed E-state index contributed by atoms with van der Waals surface area (Å²) >= 11 is 0. The molecule has 0 amide bonds. The Morgan fingerprint density at radius 3 is 2.38 bits per heavy atom. The maximum absolute atomic E-state index is 10.5. The molecule has 0 saturated carbocycles. The normalized spacial score (nSPS) is 24.5. The van der Waals surface area contributed by atoms with Gasteiger partial charge in [0.1, 0.15) is 0 Å². The van der Waals surface area contributed by atoms with E-state index in [4.69, 9.17) is 4.74 Å². The summed E-state index contributed by atoms with van der Waals surface area (Å²) in [5, 5.41) is 20.0. The molecule has 2 aliphatic heterocycles. The van der Waals surface area contributed by atoms with Crippen molar-refractivity contribution in [1.82, 2.24) is 4.90 Å². The lowest BCUT2D eigenvalue weighted by Gasteiger charge is -2.45. The van der Waals surface area contributed by atoms with Crippen molar-refractivity contribution in [3.8, 4) is 0 Å². The van der Waals surface area contributed by atoms with Gasteiger partial charge in [0.2, 0.25) is 0 Å². The number of hydrogen-bond donors (Lipinski definition) is 2. The summed E-state index contributed by atoms with van der Waals surface area (Å²) < 4.78 is 5.26. The topological polar surface area (TPSA) is 52.9 Å². The molecule has 1 aromatic carbocycles. The number of rotatable bonds is 5. The fourth-order valence-electron chi connectivity index (χ4n) is 3.45. The first-order chi connectivity index (χ1) is 10.2. The van der Waals surface area contributed by atoms with Crippen LogP contribution in [0.2, 0.25) is 0 Å². The number of ether oxygens (including phenoxy) is 1. The Kier molecular flexibility index (Phi) is 4.60. The zero-order valence-electron chi connectivity index (χ0n) is 12.4. The predicted molar refractivity (Wildman–Crippen MR) is 80.9 cm³/mol. The Labute approximate surface area is 126 Å². The second-order valence-electron chi connectivity index (χ2n) is 6.62. The smallest absolute Gasteiger partial charge is 0.0819 e. The molecule has 2 N–H and O–H groups in total. The van der Waals surface area contributed by atoms with Crippen LogP contribution in [0.15, 0.2) is 30.3 Å². The van der Waals surface area contributed by atoms with Crippen molar-refractivity contribution in [3.63, 3.8) is 0 Å². The van der Waals surface area contributed by atoms with Gasteiger partial charge in [-0.1, -0.05) is 30.3 Å². The summed E-state index contributed by atoms with van der Waals surface area (Å²) in [6, 6.07) is 9.95. The molecule has 2 saturated heterocycles. The summed E-state index contributed by atoms with van der Waals surface area (Å²) in [5.41, 5.74) is 0.986. The van der Waals surface area contributed by atoms with Gasteiger partial charge in [0.15, 0.2) is 0 Å². The molecule has 1 atom stereocenters. The minimum Gasteiger partial charge on any atom is -0.396 e. The molecule has 116 valence electrons. The number of aliphatic hydroxyl groups is 2. The van der Waals surface area contributed by atoms with E-state index in [1.807, 2.05) is 30.3 Å². The summed E-state index contributed by atoms with van der Waals surface area (Å²) in [6.45, 7) is 4.47. The van der Waals surface area contributed by atoms with Crippen LogP contribution >= 0.6 is 0 Å². The standard InChI is InChI=1S/C17H25NO3/c19-11-17(12-21-13-17)10-18-8-6-15(7-9-18)16(20)14-4-2-1-3-5-14/h1-5,15-16,19-20H,6-13H2. The SMILES string of the molecule is OCC1(CN2CCC(C(O)c3ccccc3)CC2)COC1. The minimum absolute atomic E-state index is 0.0368. The Morgan fingerprint density at radius 1 is 1.19 bits per heavy atom. The van der Waals surface area contributed by atoms with Crippen LogP contribution in [0, 0.1) is 11.3 Å². The predicted octanol–water partition coefficient (Wildman–Crippen LogP) is 1.44. The summed E-state index contributed by atoms with van der Waals surface area (Å²) in [4.78, 5) is 2.41. The molecular weight excluding hydrogens is 266 g/mol. The number of hydrogen-bond acceptors (Lipinski definition) is 4. The molecule has 2 aliphatic rings. The third-order valence-corrected chi connectivity index (χ3v) is 4.93. The van der Waals surface area contributed by atoms with Gasteiger partial charge in [-0.15, -0.1) is 0 Å². The molecular formula is C17H25NO3. The molecule has 4 heteroatoms. The highest BCUT2D eigenvalue weighted by molar-refractivity contribution is 5.18. The summed E-state index contributed by atoms with van der Waals surface area (Å²) in [5.74, 6) is 0.339. The van der Waals surface area contributed by atoms with Crippen molar-refractivity contribution >= 4 is 0 Å². The summed E-state index contributed by atoms with van der Waals surface area (Å²) in [7, 11) is 0. The second kappa shape index (κ2) is 6.44. The highest BCUT2D eigenvalue weighted by Crippen LogP contribution is 2.33. The lowest BCUT2D eigenvalue weighted by molar-refractivity contribution is -0.150. The highest BCUT2D eigenvalue weighted by Gasteiger charge is 2.40. The monoisotopic (exact) mass is 291 g/mol. The number of aliphatic hydroxyl groups excluding tert-OH is 2. The van der Waals surface area contributed by atoms with Crippen molar-refractivity contribution in [1.29, 1.82) is 0 Å². The number of piperidine rings is 1. The van der Waals surface area contributed by atoms with Crippen LogP contribution in [0.25, 0.3) is 0 Å². The Balaban J connectivity index is 1.51. The van der Waals surface area contributed by atoms with Crippen LogP contribution < -0.4 is 0 Å². The number of likely N-dealkylation sites (tertiary alicyclic amines) is 1. The van der Waals surface area contributed by atoms with Gasteiger partial charge in [-0.2, -0.15) is 0 Å². The molecule has 2 fully saturated rings. The Morgan fingerprint density at radius 2 is 1.86 bits per heavy atom. The molecule has 3 rings (SSSR count). The molecule has 1 aromatic rings. The molecule has 1 unspecified atom stereocenters. The molecule has 0 aliphatic carbocycles. The van der Waals surface area contributed by atoms with Gasteiger partial charge in [-0.25, -0.2) is 0 Å². The van der Waals surface area contributed by atoms with Crippen molar-refractivity contribution in [2.45, 2.75) is 18.9 Å². The van der Waals surface area contributed by atoms with E-state index in [1.165, 1.54) is 0 Å². The Bertz CT molecular complexity index is 433. The molecule has 0 bridgehead atoms. The maximum Gasteiger partial charge on any atom is 0.0819 e. The van der Waals surface area contributed by atoms with Gasteiger partial charge in [0.25, 0.3) is 0 Å². The third-order valence-electron chi connectivity index (χ3n) is 4.93. The quantitative estimate of drug-likeness (QED) is 0.862. The van der Waals surface area contributed by atoms with E-state index in [9.17, 15) is 10.2 Å². The van der Waals surface area contributed by atoms with Gasteiger partial charge in [-0.3, -0.25) is 0 Å². The zero-order valence-corrected chi connectivity index (χ0v) is 12.4. The fourth-order valence-corrected chi connectivity index (χ4v) is 3.45. The van der Waals surface area contributed by atoms with Crippen LogP contribution in [-0.2, 0) is 4.74 Å². The van der Waals surface area contributed by atoms with Crippen molar-refractivity contribution in [3.05, 3.63) is 35.9 Å². The largest absolute Gasteiger partial charge is 0.396 e. The van der Waals surface area contributed by atoms with Crippen molar-refractivity contribution in [2.75, 3.05) is 39.5 Å². The molecule has 0 aromatic heterocycles. The fraction of sp³-hybridized carbons (Fsp3) is 0.647. The number of nitrogens with zero attached hydrogens (tertiary/aromatic N) is 1. The van der Waals surface area contributed by atoms with Crippen LogP contribution in [0.4, 0.5) is 0 Å². The van der Waals surface area contributed by atoms with E-state index in [0.717, 1.165) is 38.0 Å². The van der Waals surface area contributed by atoms with Gasteiger partial charge in [0, 0.05) is 6.54 Å². The highest BCUT2D eigenvalue weighted by atomic mass is 16.5. The van der Waals surface area contributed by atoms with E-state index in [2.05, 4.69) is 4.90 Å². The van der Waals surface area contributed by atoms with E-state index in [1.54, 1.807) is 0 Å². The zero-order chi connectivity index (χ0) is 14.7. The van der Waals surface area contributed by atoms with E-state index < -0.39 is 0 Å². The Hall–Kier alpha value is -0.940. The van der Waals surface area contributed by atoms with Crippen LogP contribution in [0.5, 0.6) is 0 Å². The van der Waals surface area contributed by atoms with Crippen LogP contribution in [0.3, 0.4) is 0 Å². The summed E-state index contributed by atoms with van der Waals surface area (Å²) in [6.07, 6.45) is 1.67. The molecule has 2 heterocycles. The molecule has 0 radical (unpaired) electrons. The van der Waals surface area contributed by atoms with Gasteiger partial charge in [-0.05, 0) is 37.4 Å². The van der Waals surface area contributed by atoms with Crippen molar-refractivity contribution in [2.24, 2.45) is 11.3 Å². The molecule has 4 nitrogen and oxygen atoms in total. The minimum atomic E-state index is -0.354.